The summed E-state index contributed by atoms with van der Waals surface area (Å²) in [5, 5.41) is 14.3. The van der Waals surface area contributed by atoms with Gasteiger partial charge in [0, 0.05) is 35.8 Å². The SMILES string of the molecule is Cc1nn(COCCS(C)(C)C)c(C)c1-c1ccc(NC(=O)[C@@H](NC(=O)c2ccnn2C)C2CCC(C)CC2)nc1F. The van der Waals surface area contributed by atoms with Crippen molar-refractivity contribution in [3.05, 3.63) is 47.4 Å². The highest BCUT2D eigenvalue weighted by molar-refractivity contribution is 8.32. The Labute approximate surface area is 249 Å². The van der Waals surface area contributed by atoms with Crippen molar-refractivity contribution in [2.75, 3.05) is 36.4 Å². The second-order valence-corrected chi connectivity index (χ2v) is 16.8. The van der Waals surface area contributed by atoms with Crippen molar-refractivity contribution in [1.82, 2.24) is 29.9 Å². The van der Waals surface area contributed by atoms with Crippen molar-refractivity contribution >= 4 is 27.7 Å². The number of ether oxygens (including phenoxy) is 1. The second kappa shape index (κ2) is 13.4. The third-order valence-corrected chi connectivity index (χ3v) is 9.35. The first-order valence-corrected chi connectivity index (χ1v) is 17.4. The molecule has 10 nitrogen and oxygen atoms in total. The molecule has 2 amide bonds. The Balaban J connectivity index is 1.49. The van der Waals surface area contributed by atoms with Gasteiger partial charge in [-0.2, -0.15) is 14.6 Å². The summed E-state index contributed by atoms with van der Waals surface area (Å²) in [6.45, 7) is 6.83. The highest BCUT2D eigenvalue weighted by Crippen LogP contribution is 2.34. The zero-order chi connectivity index (χ0) is 30.6. The summed E-state index contributed by atoms with van der Waals surface area (Å²) >= 11 is 0. The van der Waals surface area contributed by atoms with Crippen LogP contribution in [0.15, 0.2) is 24.4 Å². The van der Waals surface area contributed by atoms with Crippen LogP contribution in [-0.4, -0.2) is 73.5 Å². The standard InChI is InChI=1S/C30H44FN7O3S/c1-19-8-10-22(11-9-19)27(35-29(39)24-14-15-32-37(24)4)30(40)34-25-13-12-23(28(31)33-25)26-20(2)36-38(21(26)3)18-41-16-17-42(5,6)7/h12-15,19,22,27H,8-11,16-18H2,1-7H3,(H,35,39)(H,33,34,40)/t19?,22?,27-/m0/s1. The number of carbonyl (C=O) groups excluding carboxylic acids is 2. The van der Waals surface area contributed by atoms with Crippen LogP contribution >= 0.6 is 10.0 Å². The monoisotopic (exact) mass is 601 g/mol. The molecule has 1 fully saturated rings. The molecule has 3 aromatic rings. The van der Waals surface area contributed by atoms with Gasteiger partial charge in [-0.3, -0.25) is 14.3 Å². The summed E-state index contributed by atoms with van der Waals surface area (Å²) in [5.74, 6) is 0.116. The molecule has 0 bridgehead atoms. The van der Waals surface area contributed by atoms with E-state index >= 15 is 4.39 Å². The number of nitrogens with zero attached hydrogens (tertiary/aromatic N) is 5. The molecule has 1 aliphatic carbocycles. The maximum atomic E-state index is 15.4. The highest BCUT2D eigenvalue weighted by atomic mass is 32.3. The molecule has 0 unspecified atom stereocenters. The van der Waals surface area contributed by atoms with Gasteiger partial charge in [-0.05, 0) is 75.5 Å². The van der Waals surface area contributed by atoms with Crippen LogP contribution in [0.25, 0.3) is 11.1 Å². The van der Waals surface area contributed by atoms with Crippen LogP contribution in [0.3, 0.4) is 0 Å². The van der Waals surface area contributed by atoms with Crippen molar-refractivity contribution in [2.45, 2.75) is 59.2 Å². The summed E-state index contributed by atoms with van der Waals surface area (Å²) in [6, 6.07) is 4.01. The Morgan fingerprint density at radius 1 is 1.14 bits per heavy atom. The molecule has 1 atom stereocenters. The fraction of sp³-hybridized carbons (Fsp3) is 0.567. The van der Waals surface area contributed by atoms with Crippen LogP contribution < -0.4 is 10.6 Å². The number of rotatable bonds is 11. The third kappa shape index (κ3) is 7.77. The second-order valence-electron chi connectivity index (χ2n) is 12.2. The first-order chi connectivity index (χ1) is 19.8. The number of anilines is 1. The summed E-state index contributed by atoms with van der Waals surface area (Å²) in [6.07, 6.45) is 11.9. The van der Waals surface area contributed by atoms with Gasteiger partial charge < -0.3 is 15.4 Å². The average molecular weight is 602 g/mol. The molecule has 2 N–H and O–H groups in total. The van der Waals surface area contributed by atoms with Crippen LogP contribution in [0.2, 0.25) is 0 Å². The van der Waals surface area contributed by atoms with E-state index in [4.69, 9.17) is 4.74 Å². The topological polar surface area (TPSA) is 116 Å². The number of aryl methyl sites for hydroxylation is 2. The molecule has 3 heterocycles. The van der Waals surface area contributed by atoms with Gasteiger partial charge in [0.05, 0.1) is 12.3 Å². The molecular weight excluding hydrogens is 557 g/mol. The normalized spacial score (nSPS) is 18.5. The lowest BCUT2D eigenvalue weighted by atomic mass is 9.79. The third-order valence-electron chi connectivity index (χ3n) is 7.96. The minimum atomic E-state index is -0.785. The number of amides is 2. The van der Waals surface area contributed by atoms with Gasteiger partial charge in [-0.15, -0.1) is 0 Å². The molecule has 0 saturated heterocycles. The number of halogens is 1. The van der Waals surface area contributed by atoms with Gasteiger partial charge >= 0.3 is 0 Å². The summed E-state index contributed by atoms with van der Waals surface area (Å²) in [7, 11) is 1.02. The molecular formula is C30H44FN7O3S. The molecule has 42 heavy (non-hydrogen) atoms. The van der Waals surface area contributed by atoms with Crippen molar-refractivity contribution in [3.63, 3.8) is 0 Å². The Morgan fingerprint density at radius 2 is 1.86 bits per heavy atom. The van der Waals surface area contributed by atoms with E-state index in [0.717, 1.165) is 37.1 Å². The molecule has 1 aliphatic rings. The Bertz CT molecular complexity index is 1410. The zero-order valence-electron chi connectivity index (χ0n) is 25.7. The van der Waals surface area contributed by atoms with Crippen LogP contribution in [-0.2, 0) is 23.3 Å². The lowest BCUT2D eigenvalue weighted by Gasteiger charge is -2.32. The molecule has 12 heteroatoms. The Kier molecular flexibility index (Phi) is 10.1. The molecule has 1 saturated carbocycles. The average Bonchev–Trinajstić information content (AvgIpc) is 3.47. The van der Waals surface area contributed by atoms with E-state index < -0.39 is 27.9 Å². The van der Waals surface area contributed by atoms with E-state index in [-0.39, 0.29) is 24.4 Å². The van der Waals surface area contributed by atoms with Crippen LogP contribution in [0.1, 0.15) is 54.5 Å². The summed E-state index contributed by atoms with van der Waals surface area (Å²) < 4.78 is 24.5. The maximum Gasteiger partial charge on any atom is 0.270 e. The van der Waals surface area contributed by atoms with Gasteiger partial charge in [0.25, 0.3) is 5.91 Å². The lowest BCUT2D eigenvalue weighted by Crippen LogP contribution is -2.49. The molecule has 4 rings (SSSR count). The van der Waals surface area contributed by atoms with E-state index in [1.165, 1.54) is 10.9 Å². The van der Waals surface area contributed by atoms with E-state index in [2.05, 4.69) is 51.5 Å². The fourth-order valence-electron chi connectivity index (χ4n) is 5.40. The number of carbonyl (C=O) groups is 2. The van der Waals surface area contributed by atoms with Gasteiger partial charge in [0.1, 0.15) is 24.3 Å². The van der Waals surface area contributed by atoms with Crippen LogP contribution in [0.5, 0.6) is 0 Å². The minimum Gasteiger partial charge on any atom is -0.358 e. The van der Waals surface area contributed by atoms with E-state index in [9.17, 15) is 9.59 Å². The van der Waals surface area contributed by atoms with E-state index in [0.29, 0.717) is 35.0 Å². The quantitative estimate of drug-likeness (QED) is 0.244. The van der Waals surface area contributed by atoms with E-state index in [1.54, 1.807) is 29.9 Å². The number of aromatic nitrogens is 5. The molecule has 0 spiro atoms. The molecule has 0 aromatic carbocycles. The highest BCUT2D eigenvalue weighted by Gasteiger charge is 2.33. The zero-order valence-corrected chi connectivity index (χ0v) is 26.6. The smallest absolute Gasteiger partial charge is 0.270 e. The maximum absolute atomic E-state index is 15.4. The van der Waals surface area contributed by atoms with Crippen molar-refractivity contribution in [3.8, 4) is 11.1 Å². The summed E-state index contributed by atoms with van der Waals surface area (Å²) in [4.78, 5) is 30.6. The Morgan fingerprint density at radius 3 is 2.48 bits per heavy atom. The number of pyridine rings is 1. The van der Waals surface area contributed by atoms with Crippen LogP contribution in [0.4, 0.5) is 10.2 Å². The van der Waals surface area contributed by atoms with Crippen molar-refractivity contribution in [2.24, 2.45) is 18.9 Å². The van der Waals surface area contributed by atoms with Gasteiger partial charge in [0.15, 0.2) is 0 Å². The van der Waals surface area contributed by atoms with E-state index in [1.807, 2.05) is 13.8 Å². The van der Waals surface area contributed by atoms with Gasteiger partial charge in [-0.25, -0.2) is 19.7 Å². The predicted molar refractivity (Wildman–Crippen MR) is 165 cm³/mol. The molecule has 0 aliphatic heterocycles. The van der Waals surface area contributed by atoms with Crippen LogP contribution in [0, 0.1) is 31.6 Å². The van der Waals surface area contributed by atoms with Crippen molar-refractivity contribution < 1.29 is 18.7 Å². The first kappa shape index (κ1) is 31.7. The predicted octanol–water partition coefficient (Wildman–Crippen LogP) is 4.67. The fourth-order valence-corrected chi connectivity index (χ4v) is 6.01. The molecule has 3 aromatic heterocycles. The number of nitrogens with one attached hydrogen (secondary N) is 2. The van der Waals surface area contributed by atoms with Gasteiger partial charge in [0.2, 0.25) is 11.9 Å². The van der Waals surface area contributed by atoms with Gasteiger partial charge in [-0.1, -0.05) is 19.8 Å². The molecule has 230 valence electrons. The Hall–Kier alpha value is -3.25. The summed E-state index contributed by atoms with van der Waals surface area (Å²) in [5.41, 5.74) is 2.76. The first-order valence-electron chi connectivity index (χ1n) is 14.4. The van der Waals surface area contributed by atoms with Crippen molar-refractivity contribution in [1.29, 1.82) is 0 Å². The molecule has 0 radical (unpaired) electrons. The largest absolute Gasteiger partial charge is 0.358 e. The number of hydrogen-bond donors (Lipinski definition) is 2. The number of hydrogen-bond acceptors (Lipinski definition) is 6. The lowest BCUT2D eigenvalue weighted by molar-refractivity contribution is -0.119. The minimum absolute atomic E-state index is 0.0364.